The van der Waals surface area contributed by atoms with E-state index in [0.717, 1.165) is 56.2 Å². The van der Waals surface area contributed by atoms with E-state index in [-0.39, 0.29) is 0 Å². The molecule has 57 heavy (non-hydrogen) atoms. The van der Waals surface area contributed by atoms with Crippen molar-refractivity contribution in [3.05, 3.63) is 223 Å². The van der Waals surface area contributed by atoms with E-state index in [1.54, 1.807) is 6.20 Å². The molecule has 268 valence electrons. The number of ether oxygens (including phenoxy) is 2. The number of rotatable bonds is 6. The highest BCUT2D eigenvalue weighted by Gasteiger charge is 2.48. The van der Waals surface area contributed by atoms with E-state index in [2.05, 4.69) is 132 Å². The molecule has 0 radical (unpaired) electrons. The van der Waals surface area contributed by atoms with Gasteiger partial charge in [-0.05, 0) is 63.7 Å². The Morgan fingerprint density at radius 1 is 0.386 bits per heavy atom. The highest BCUT2D eigenvalue weighted by molar-refractivity contribution is 5.92. The number of pyridine rings is 1. The number of aromatic nitrogens is 3. The molecule has 2 aromatic heterocycles. The van der Waals surface area contributed by atoms with Crippen LogP contribution in [0.25, 0.3) is 56.3 Å². The number of nitrogens with zero attached hydrogens (tertiary/aromatic N) is 3. The molecule has 1 aliphatic heterocycles. The molecule has 0 saturated carbocycles. The van der Waals surface area contributed by atoms with Crippen LogP contribution in [-0.4, -0.2) is 15.0 Å². The Balaban J connectivity index is 1.02. The number of hydrogen-bond donors (Lipinski definition) is 0. The Bertz CT molecular complexity index is 2840. The minimum Gasteiger partial charge on any atom is -0.449 e. The summed E-state index contributed by atoms with van der Waals surface area (Å²) in [7, 11) is 0. The first-order valence-corrected chi connectivity index (χ1v) is 19.1. The fourth-order valence-corrected chi connectivity index (χ4v) is 8.59. The lowest BCUT2D eigenvalue weighted by Crippen LogP contribution is -2.28. The molecule has 7 aromatic carbocycles. The van der Waals surface area contributed by atoms with Gasteiger partial charge < -0.3 is 9.47 Å². The fraction of sp³-hybridized carbons (Fsp3) is 0.0192. The monoisotopic (exact) mass is 731 g/mol. The maximum absolute atomic E-state index is 7.12. The number of fused-ring (bicyclic) bond motifs is 6. The molecule has 0 fully saturated rings. The minimum atomic E-state index is -0.541. The zero-order valence-electron chi connectivity index (χ0n) is 30.7. The van der Waals surface area contributed by atoms with Crippen LogP contribution in [0.15, 0.2) is 200 Å². The standard InChI is InChI=1S/C52H33N3O2/c1-4-15-36(16-5-1)51-54-44(33-45(55-51)43-24-12-13-32-53-43)35-28-26-34(27-29-35)39-22-14-25-46-49(39)57-50-47(56-46)31-30-42-48(50)40-21-10-11-23-41(40)52(42,37-17-6-2-7-18-37)38-19-8-3-9-20-38/h1-33H. The van der Waals surface area contributed by atoms with Crippen LogP contribution in [-0.2, 0) is 5.41 Å². The van der Waals surface area contributed by atoms with Gasteiger partial charge in [-0.3, -0.25) is 4.98 Å². The van der Waals surface area contributed by atoms with Gasteiger partial charge in [0.25, 0.3) is 0 Å². The van der Waals surface area contributed by atoms with E-state index in [0.29, 0.717) is 23.1 Å². The van der Waals surface area contributed by atoms with Crippen molar-refractivity contribution in [2.45, 2.75) is 5.41 Å². The zero-order chi connectivity index (χ0) is 37.8. The second kappa shape index (κ2) is 13.3. The summed E-state index contributed by atoms with van der Waals surface area (Å²) >= 11 is 0. The van der Waals surface area contributed by atoms with Gasteiger partial charge in [-0.1, -0.05) is 164 Å². The third kappa shape index (κ3) is 5.28. The van der Waals surface area contributed by atoms with Crippen molar-refractivity contribution >= 4 is 0 Å². The first-order chi connectivity index (χ1) is 28.3. The average molecular weight is 732 g/mol. The molecule has 0 unspecified atom stereocenters. The van der Waals surface area contributed by atoms with Crippen LogP contribution >= 0.6 is 0 Å². The number of benzene rings is 7. The maximum atomic E-state index is 7.12. The van der Waals surface area contributed by atoms with Crippen LogP contribution in [0.1, 0.15) is 22.3 Å². The lowest BCUT2D eigenvalue weighted by atomic mass is 9.68. The van der Waals surface area contributed by atoms with Crippen LogP contribution in [0.3, 0.4) is 0 Å². The first-order valence-electron chi connectivity index (χ1n) is 19.1. The second-order valence-corrected chi connectivity index (χ2v) is 14.3. The topological polar surface area (TPSA) is 57.1 Å². The molecule has 3 heterocycles. The van der Waals surface area contributed by atoms with Gasteiger partial charge in [0.1, 0.15) is 0 Å². The Morgan fingerprint density at radius 2 is 1.02 bits per heavy atom. The van der Waals surface area contributed by atoms with Crippen molar-refractivity contribution < 1.29 is 9.47 Å². The highest BCUT2D eigenvalue weighted by atomic mass is 16.6. The molecule has 0 spiro atoms. The molecule has 0 bridgehead atoms. The molecular weight excluding hydrogens is 699 g/mol. The molecule has 5 nitrogen and oxygen atoms in total. The van der Waals surface area contributed by atoms with Gasteiger partial charge in [0.2, 0.25) is 0 Å². The Kier molecular flexibility index (Phi) is 7.64. The summed E-state index contributed by atoms with van der Waals surface area (Å²) in [5, 5.41) is 0. The summed E-state index contributed by atoms with van der Waals surface area (Å²) in [6.07, 6.45) is 1.79. The molecule has 0 amide bonds. The van der Waals surface area contributed by atoms with Crippen molar-refractivity contribution in [1.82, 2.24) is 15.0 Å². The summed E-state index contributed by atoms with van der Waals surface area (Å²) < 4.78 is 13.8. The quantitative estimate of drug-likeness (QED) is 0.170. The highest BCUT2D eigenvalue weighted by Crippen LogP contribution is 2.62. The molecule has 2 aliphatic rings. The van der Waals surface area contributed by atoms with Gasteiger partial charge in [0.15, 0.2) is 28.8 Å². The summed E-state index contributed by atoms with van der Waals surface area (Å²) in [6, 6.07) is 67.0. The molecule has 1 aliphatic carbocycles. The van der Waals surface area contributed by atoms with E-state index >= 15 is 0 Å². The third-order valence-electron chi connectivity index (χ3n) is 11.1. The van der Waals surface area contributed by atoms with E-state index < -0.39 is 5.41 Å². The summed E-state index contributed by atoms with van der Waals surface area (Å²) in [5.74, 6) is 3.43. The molecule has 9 aromatic rings. The van der Waals surface area contributed by atoms with E-state index in [1.165, 1.54) is 22.3 Å². The molecule has 11 rings (SSSR count). The molecule has 0 atom stereocenters. The summed E-state index contributed by atoms with van der Waals surface area (Å²) in [5.41, 5.74) is 12.7. The van der Waals surface area contributed by atoms with Gasteiger partial charge in [-0.2, -0.15) is 0 Å². The van der Waals surface area contributed by atoms with Gasteiger partial charge in [-0.15, -0.1) is 0 Å². The molecule has 0 N–H and O–H groups in total. The van der Waals surface area contributed by atoms with Crippen LogP contribution in [0.2, 0.25) is 0 Å². The minimum absolute atomic E-state index is 0.541. The molecular formula is C52H33N3O2. The van der Waals surface area contributed by atoms with E-state index in [9.17, 15) is 0 Å². The van der Waals surface area contributed by atoms with Crippen LogP contribution in [0, 0.1) is 0 Å². The van der Waals surface area contributed by atoms with Gasteiger partial charge in [-0.25, -0.2) is 9.97 Å². The van der Waals surface area contributed by atoms with E-state index in [1.807, 2.05) is 66.7 Å². The molecule has 0 saturated heterocycles. The van der Waals surface area contributed by atoms with Crippen molar-refractivity contribution in [1.29, 1.82) is 0 Å². The number of hydrogen-bond acceptors (Lipinski definition) is 5. The largest absolute Gasteiger partial charge is 0.449 e. The van der Waals surface area contributed by atoms with Crippen LogP contribution < -0.4 is 9.47 Å². The summed E-state index contributed by atoms with van der Waals surface area (Å²) in [6.45, 7) is 0. The second-order valence-electron chi connectivity index (χ2n) is 14.3. The SMILES string of the molecule is c1ccc(-c2nc(-c3ccc(-c4cccc5c4Oc4c(ccc6c4-c4ccccc4C6(c4ccccc4)c4ccccc4)O5)cc3)cc(-c3ccccn3)n2)cc1. The van der Waals surface area contributed by atoms with Crippen molar-refractivity contribution in [2.75, 3.05) is 0 Å². The Morgan fingerprint density at radius 3 is 1.75 bits per heavy atom. The zero-order valence-corrected chi connectivity index (χ0v) is 30.7. The predicted octanol–water partition coefficient (Wildman–Crippen LogP) is 12.8. The van der Waals surface area contributed by atoms with Gasteiger partial charge >= 0.3 is 0 Å². The average Bonchev–Trinajstić information content (AvgIpc) is 3.61. The summed E-state index contributed by atoms with van der Waals surface area (Å²) in [4.78, 5) is 14.5. The fourth-order valence-electron chi connectivity index (χ4n) is 8.59. The predicted molar refractivity (Wildman–Crippen MR) is 225 cm³/mol. The normalized spacial score (nSPS) is 13.0. The third-order valence-corrected chi connectivity index (χ3v) is 11.1. The van der Waals surface area contributed by atoms with Gasteiger partial charge in [0, 0.05) is 28.5 Å². The maximum Gasteiger partial charge on any atom is 0.178 e. The van der Waals surface area contributed by atoms with E-state index in [4.69, 9.17) is 19.4 Å². The Hall–Kier alpha value is -7.63. The van der Waals surface area contributed by atoms with Gasteiger partial charge in [0.05, 0.1) is 22.5 Å². The lowest BCUT2D eigenvalue weighted by molar-refractivity contribution is 0.361. The first kappa shape index (κ1) is 32.8. The van der Waals surface area contributed by atoms with Crippen molar-refractivity contribution in [3.8, 4) is 79.3 Å². The van der Waals surface area contributed by atoms with Crippen LogP contribution in [0.5, 0.6) is 23.0 Å². The number of para-hydroxylation sites is 1. The molecule has 5 heteroatoms. The van der Waals surface area contributed by atoms with Crippen LogP contribution in [0.4, 0.5) is 0 Å². The lowest BCUT2D eigenvalue weighted by Gasteiger charge is -2.34. The van der Waals surface area contributed by atoms with Crippen molar-refractivity contribution in [2.24, 2.45) is 0 Å². The smallest absolute Gasteiger partial charge is 0.178 e. The van der Waals surface area contributed by atoms with Crippen molar-refractivity contribution in [3.63, 3.8) is 0 Å². The Labute approximate surface area is 330 Å².